The van der Waals surface area contributed by atoms with E-state index in [1.165, 1.54) is 41.3 Å². The van der Waals surface area contributed by atoms with Crippen LogP contribution in [-0.2, 0) is 13.1 Å². The summed E-state index contributed by atoms with van der Waals surface area (Å²) in [6.07, 6.45) is 6.42. The third-order valence-corrected chi connectivity index (χ3v) is 4.21. The molecule has 1 aromatic heterocycles. The van der Waals surface area contributed by atoms with Crippen LogP contribution in [0.25, 0.3) is 10.9 Å². The maximum atomic E-state index is 3.67. The summed E-state index contributed by atoms with van der Waals surface area (Å²) < 4.78 is 2.38. The Bertz CT molecular complexity index is 549. The minimum atomic E-state index is 0.759. The van der Waals surface area contributed by atoms with Gasteiger partial charge in [0.15, 0.2) is 0 Å². The molecule has 1 saturated carbocycles. The number of fused-ring (bicyclic) bond motifs is 1. The van der Waals surface area contributed by atoms with E-state index in [1.807, 2.05) is 0 Å². The predicted molar refractivity (Wildman–Crippen MR) is 76.8 cm³/mol. The van der Waals surface area contributed by atoms with E-state index in [4.69, 9.17) is 0 Å². The highest BCUT2D eigenvalue weighted by atomic mass is 15.0. The Hall–Kier alpha value is -1.28. The number of para-hydroxylation sites is 1. The van der Waals surface area contributed by atoms with Crippen molar-refractivity contribution in [3.63, 3.8) is 0 Å². The highest BCUT2D eigenvalue weighted by Gasteiger charge is 2.17. The topological polar surface area (TPSA) is 17.0 Å². The summed E-state index contributed by atoms with van der Waals surface area (Å²) in [5.74, 6) is 0. The average molecular weight is 242 g/mol. The van der Waals surface area contributed by atoms with Crippen LogP contribution < -0.4 is 5.32 Å². The van der Waals surface area contributed by atoms with Gasteiger partial charge in [0.1, 0.15) is 0 Å². The Labute approximate surface area is 109 Å². The minimum absolute atomic E-state index is 0.759. The van der Waals surface area contributed by atoms with Crippen LogP contribution in [0, 0.1) is 6.92 Å². The lowest BCUT2D eigenvalue weighted by Crippen LogP contribution is -2.34. The van der Waals surface area contributed by atoms with Crippen molar-refractivity contribution in [1.82, 2.24) is 9.88 Å². The first-order chi connectivity index (χ1) is 8.79. The lowest BCUT2D eigenvalue weighted by molar-refractivity contribution is 0.338. The van der Waals surface area contributed by atoms with Crippen LogP contribution in [0.3, 0.4) is 0 Å². The van der Waals surface area contributed by atoms with E-state index in [1.54, 1.807) is 0 Å². The van der Waals surface area contributed by atoms with Crippen LogP contribution in [0.2, 0.25) is 0 Å². The van der Waals surface area contributed by atoms with E-state index in [2.05, 4.69) is 48.1 Å². The number of hydrogen-bond donors (Lipinski definition) is 1. The van der Waals surface area contributed by atoms with Crippen LogP contribution in [0.1, 0.15) is 37.3 Å². The van der Waals surface area contributed by atoms with Crippen LogP contribution in [0.15, 0.2) is 24.4 Å². The third kappa shape index (κ3) is 1.95. The minimum Gasteiger partial charge on any atom is -0.347 e. The summed E-state index contributed by atoms with van der Waals surface area (Å²) in [7, 11) is 0. The molecule has 1 fully saturated rings. The zero-order valence-electron chi connectivity index (χ0n) is 11.4. The summed E-state index contributed by atoms with van der Waals surface area (Å²) in [5, 5.41) is 5.09. The van der Waals surface area contributed by atoms with E-state index in [9.17, 15) is 0 Å². The first kappa shape index (κ1) is 11.8. The fourth-order valence-corrected chi connectivity index (χ4v) is 2.88. The van der Waals surface area contributed by atoms with E-state index < -0.39 is 0 Å². The molecule has 1 heterocycles. The molecule has 1 aliphatic rings. The molecule has 1 aliphatic carbocycles. The van der Waals surface area contributed by atoms with Crippen molar-refractivity contribution in [2.24, 2.45) is 0 Å². The zero-order chi connectivity index (χ0) is 12.5. The smallest absolute Gasteiger partial charge is 0.0513 e. The molecule has 2 heteroatoms. The van der Waals surface area contributed by atoms with Gasteiger partial charge in [0, 0.05) is 30.7 Å². The van der Waals surface area contributed by atoms with Crippen molar-refractivity contribution < 1.29 is 0 Å². The summed E-state index contributed by atoms with van der Waals surface area (Å²) in [5.41, 5.74) is 4.23. The second kappa shape index (κ2) is 4.77. The number of aromatic nitrogens is 1. The van der Waals surface area contributed by atoms with E-state index >= 15 is 0 Å². The van der Waals surface area contributed by atoms with Crippen LogP contribution in [0.4, 0.5) is 0 Å². The second-order valence-electron chi connectivity index (χ2n) is 5.42. The molecule has 0 unspecified atom stereocenters. The molecule has 0 amide bonds. The predicted octanol–water partition coefficient (Wildman–Crippen LogP) is 3.61. The normalized spacial score (nSPS) is 16.1. The van der Waals surface area contributed by atoms with Crippen molar-refractivity contribution in [3.8, 4) is 0 Å². The standard InChI is InChI=1S/C16H22N2/c1-3-18-11-13(10-17-14-7-5-8-14)15-9-4-6-12(2)16(15)18/h4,6,9,11,14,17H,3,5,7-8,10H2,1-2H3. The van der Waals surface area contributed by atoms with Crippen LogP contribution in [-0.4, -0.2) is 10.6 Å². The van der Waals surface area contributed by atoms with Crippen molar-refractivity contribution in [2.75, 3.05) is 0 Å². The molecule has 96 valence electrons. The van der Waals surface area contributed by atoms with E-state index in [-0.39, 0.29) is 0 Å². The number of nitrogens with one attached hydrogen (secondary N) is 1. The van der Waals surface area contributed by atoms with Gasteiger partial charge < -0.3 is 9.88 Å². The SMILES string of the molecule is CCn1cc(CNC2CCC2)c2cccc(C)c21. The van der Waals surface area contributed by atoms with Crippen molar-refractivity contribution in [3.05, 3.63) is 35.5 Å². The molecular weight excluding hydrogens is 220 g/mol. The van der Waals surface area contributed by atoms with Gasteiger partial charge in [-0.05, 0) is 37.8 Å². The van der Waals surface area contributed by atoms with Crippen molar-refractivity contribution in [1.29, 1.82) is 0 Å². The quantitative estimate of drug-likeness (QED) is 0.866. The molecule has 0 atom stereocenters. The molecule has 0 radical (unpaired) electrons. The second-order valence-corrected chi connectivity index (χ2v) is 5.42. The summed E-state index contributed by atoms with van der Waals surface area (Å²) in [6, 6.07) is 7.39. The molecule has 0 aliphatic heterocycles. The zero-order valence-corrected chi connectivity index (χ0v) is 11.4. The number of rotatable bonds is 4. The molecule has 18 heavy (non-hydrogen) atoms. The Balaban J connectivity index is 1.93. The number of benzene rings is 1. The van der Waals surface area contributed by atoms with E-state index in [0.29, 0.717) is 0 Å². The van der Waals surface area contributed by atoms with Gasteiger partial charge in [-0.15, -0.1) is 0 Å². The average Bonchev–Trinajstić information content (AvgIpc) is 2.67. The molecule has 0 bridgehead atoms. The van der Waals surface area contributed by atoms with Gasteiger partial charge in [-0.2, -0.15) is 0 Å². The van der Waals surface area contributed by atoms with Crippen LogP contribution in [0.5, 0.6) is 0 Å². The lowest BCUT2D eigenvalue weighted by atomic mass is 9.93. The monoisotopic (exact) mass is 242 g/mol. The first-order valence-electron chi connectivity index (χ1n) is 7.10. The van der Waals surface area contributed by atoms with Gasteiger partial charge in [0.25, 0.3) is 0 Å². The first-order valence-corrected chi connectivity index (χ1v) is 7.10. The van der Waals surface area contributed by atoms with Gasteiger partial charge in [-0.1, -0.05) is 24.6 Å². The maximum Gasteiger partial charge on any atom is 0.0513 e. The highest BCUT2D eigenvalue weighted by Crippen LogP contribution is 2.25. The number of hydrogen-bond acceptors (Lipinski definition) is 1. The van der Waals surface area contributed by atoms with Gasteiger partial charge in [-0.25, -0.2) is 0 Å². The van der Waals surface area contributed by atoms with Crippen molar-refractivity contribution in [2.45, 2.75) is 52.2 Å². The largest absolute Gasteiger partial charge is 0.347 e. The summed E-state index contributed by atoms with van der Waals surface area (Å²) in [4.78, 5) is 0. The number of nitrogens with zero attached hydrogens (tertiary/aromatic N) is 1. The van der Waals surface area contributed by atoms with Gasteiger partial charge in [0.05, 0.1) is 5.52 Å². The van der Waals surface area contributed by atoms with Gasteiger partial charge in [0.2, 0.25) is 0 Å². The third-order valence-electron chi connectivity index (χ3n) is 4.21. The Morgan fingerprint density at radius 3 is 2.83 bits per heavy atom. The molecular formula is C16H22N2. The Morgan fingerprint density at radius 1 is 1.33 bits per heavy atom. The van der Waals surface area contributed by atoms with Crippen molar-refractivity contribution >= 4 is 10.9 Å². The summed E-state index contributed by atoms with van der Waals surface area (Å²) >= 11 is 0. The van der Waals surface area contributed by atoms with E-state index in [0.717, 1.165) is 19.1 Å². The van der Waals surface area contributed by atoms with Gasteiger partial charge in [-0.3, -0.25) is 0 Å². The molecule has 0 spiro atoms. The van der Waals surface area contributed by atoms with Gasteiger partial charge >= 0.3 is 0 Å². The molecule has 3 rings (SSSR count). The fourth-order valence-electron chi connectivity index (χ4n) is 2.88. The van der Waals surface area contributed by atoms with Crippen LogP contribution >= 0.6 is 0 Å². The summed E-state index contributed by atoms with van der Waals surface area (Å²) in [6.45, 7) is 6.48. The lowest BCUT2D eigenvalue weighted by Gasteiger charge is -2.26. The molecule has 2 nitrogen and oxygen atoms in total. The Morgan fingerprint density at radius 2 is 2.17 bits per heavy atom. The maximum absolute atomic E-state index is 3.67. The Kier molecular flexibility index (Phi) is 3.13. The fraction of sp³-hybridized carbons (Fsp3) is 0.500. The molecule has 0 saturated heterocycles. The molecule has 2 aromatic rings. The highest BCUT2D eigenvalue weighted by molar-refractivity contribution is 5.86. The molecule has 1 N–H and O–H groups in total. The molecule has 1 aromatic carbocycles. The number of aryl methyl sites for hydroxylation is 2.